The van der Waals surface area contributed by atoms with Gasteiger partial charge in [-0.2, -0.15) is 0 Å². The average Bonchev–Trinajstić information content (AvgIpc) is 3.69. The summed E-state index contributed by atoms with van der Waals surface area (Å²) in [5.41, 5.74) is 5.98. The minimum atomic E-state index is -2.61. The molecule has 4 nitrogen and oxygen atoms in total. The Balaban J connectivity index is 0.000000164. The predicted octanol–water partition coefficient (Wildman–Crippen LogP) is 9.97. The zero-order chi connectivity index (χ0) is 36.6. The molecule has 0 bridgehead atoms. The Morgan fingerprint density at radius 1 is 0.727 bits per heavy atom. The summed E-state index contributed by atoms with van der Waals surface area (Å²) in [6.07, 6.45) is 1.02. The third kappa shape index (κ3) is 4.57. The fourth-order valence-electron chi connectivity index (χ4n) is 5.60. The van der Waals surface area contributed by atoms with Crippen molar-refractivity contribution in [1.29, 1.82) is 0 Å². The fraction of sp³-hybridized carbons (Fsp3) is 0.0769. The maximum atomic E-state index is 7.54. The minimum Gasteiger partial charge on any atom is -0.500 e. The van der Waals surface area contributed by atoms with E-state index in [0.717, 1.165) is 61.1 Å². The number of imidazole rings is 1. The van der Waals surface area contributed by atoms with Crippen LogP contribution in [0.25, 0.3) is 71.6 Å². The Kier molecular flexibility index (Phi) is 4.87. The molecule has 0 unspecified atom stereocenters. The molecule has 0 aliphatic rings. The molecule has 5 heteroatoms. The van der Waals surface area contributed by atoms with E-state index in [1.54, 1.807) is 0 Å². The van der Waals surface area contributed by atoms with Crippen molar-refractivity contribution in [3.05, 3.63) is 138 Å². The van der Waals surface area contributed by atoms with E-state index < -0.39 is 20.6 Å². The van der Waals surface area contributed by atoms with Crippen LogP contribution in [0, 0.1) is 32.7 Å². The number of benzene rings is 5. The zero-order valence-electron chi connectivity index (χ0n) is 32.0. The zero-order valence-corrected chi connectivity index (χ0v) is 25.4. The number of hydrogen-bond acceptors (Lipinski definition) is 3. The van der Waals surface area contributed by atoms with E-state index in [9.17, 15) is 0 Å². The molecular formula is C39H27IrN3O-2. The van der Waals surface area contributed by atoms with Crippen molar-refractivity contribution < 1.29 is 36.9 Å². The third-order valence-corrected chi connectivity index (χ3v) is 7.63. The summed E-state index contributed by atoms with van der Waals surface area (Å²) < 4.78 is 75.3. The Labute approximate surface area is 281 Å². The molecule has 0 amide bonds. The molecule has 1 radical (unpaired) electrons. The number of pyridine rings is 2. The molecule has 0 saturated carbocycles. The smallest absolute Gasteiger partial charge is 0.0912 e. The van der Waals surface area contributed by atoms with Gasteiger partial charge in [-0.05, 0) is 60.0 Å². The molecule has 0 aliphatic carbocycles. The number of aromatic nitrogens is 3. The van der Waals surface area contributed by atoms with Gasteiger partial charge in [0.25, 0.3) is 0 Å². The summed E-state index contributed by atoms with van der Waals surface area (Å²) in [6.45, 7) is -7.47. The van der Waals surface area contributed by atoms with Crippen LogP contribution in [0.5, 0.6) is 0 Å². The van der Waals surface area contributed by atoms with Gasteiger partial charge in [0.05, 0.1) is 27.8 Å². The Morgan fingerprint density at radius 3 is 2.34 bits per heavy atom. The van der Waals surface area contributed by atoms with Gasteiger partial charge >= 0.3 is 0 Å². The second-order valence-electron chi connectivity index (χ2n) is 10.3. The summed E-state index contributed by atoms with van der Waals surface area (Å²) in [7, 11) is 0. The monoisotopic (exact) mass is 755 g/mol. The molecule has 0 spiro atoms. The van der Waals surface area contributed by atoms with E-state index in [4.69, 9.17) is 21.7 Å². The maximum Gasteiger partial charge on any atom is 0.0912 e. The second kappa shape index (κ2) is 11.0. The SMILES string of the molecule is [2H]C([2H])([2H])c1c[c-]c(-c2cc(C([2H])([2H])[2H])c(C([2H])([2H])[2H])cn2)cc1.[Ir].[c-]1c2c(cc3c1c1nc4ccccc4n1c1ccccc31)oc1ccccc12. The Bertz CT molecular complexity index is 2820. The van der Waals surface area contributed by atoms with Gasteiger partial charge in [-0.3, -0.25) is 4.98 Å². The quantitative estimate of drug-likeness (QED) is 0.124. The van der Waals surface area contributed by atoms with Crippen LogP contribution < -0.4 is 0 Å². The van der Waals surface area contributed by atoms with Crippen LogP contribution in [0.3, 0.4) is 0 Å². The molecule has 44 heavy (non-hydrogen) atoms. The largest absolute Gasteiger partial charge is 0.500 e. The van der Waals surface area contributed by atoms with Gasteiger partial charge in [-0.15, -0.1) is 41.5 Å². The molecule has 0 saturated heterocycles. The van der Waals surface area contributed by atoms with E-state index in [2.05, 4.69) is 76.1 Å². The van der Waals surface area contributed by atoms with Crippen LogP contribution in [-0.4, -0.2) is 14.4 Å². The van der Waals surface area contributed by atoms with Crippen LogP contribution in [0.4, 0.5) is 0 Å². The van der Waals surface area contributed by atoms with Gasteiger partial charge in [0.1, 0.15) is 0 Å². The van der Waals surface area contributed by atoms with Crippen LogP contribution in [0.2, 0.25) is 0 Å². The molecule has 9 aromatic rings. The summed E-state index contributed by atoms with van der Waals surface area (Å²) in [5, 5.41) is 5.40. The van der Waals surface area contributed by atoms with Crippen molar-refractivity contribution in [2.75, 3.05) is 0 Å². The predicted molar refractivity (Wildman–Crippen MR) is 177 cm³/mol. The van der Waals surface area contributed by atoms with Gasteiger partial charge in [0.2, 0.25) is 0 Å². The molecule has 0 aliphatic heterocycles. The van der Waals surface area contributed by atoms with Crippen LogP contribution in [0.15, 0.2) is 114 Å². The van der Waals surface area contributed by atoms with E-state index >= 15 is 0 Å². The fourth-order valence-corrected chi connectivity index (χ4v) is 5.60. The van der Waals surface area contributed by atoms with Crippen molar-refractivity contribution >= 4 is 60.3 Å². The van der Waals surface area contributed by atoms with E-state index in [1.807, 2.05) is 24.3 Å². The Hall–Kier alpha value is -4.83. The van der Waals surface area contributed by atoms with Crippen molar-refractivity contribution in [2.24, 2.45) is 0 Å². The molecular weight excluding hydrogens is 719 g/mol. The van der Waals surface area contributed by atoms with Gasteiger partial charge in [-0.1, -0.05) is 89.2 Å². The topological polar surface area (TPSA) is 43.3 Å². The Morgan fingerprint density at radius 2 is 1.52 bits per heavy atom. The minimum absolute atomic E-state index is 0. The normalized spacial score (nSPS) is 15.2. The first-order chi connectivity index (χ1) is 24.7. The summed E-state index contributed by atoms with van der Waals surface area (Å²) >= 11 is 0. The van der Waals surface area contributed by atoms with Crippen molar-refractivity contribution in [3.63, 3.8) is 0 Å². The first kappa shape index (κ1) is 19.4. The molecule has 0 fully saturated rings. The summed E-state index contributed by atoms with van der Waals surface area (Å²) in [6, 6.07) is 38.7. The van der Waals surface area contributed by atoms with Crippen molar-refractivity contribution in [2.45, 2.75) is 20.6 Å². The molecule has 4 heterocycles. The molecule has 4 aromatic heterocycles. The summed E-state index contributed by atoms with van der Waals surface area (Å²) in [4.78, 5) is 8.97. The number of para-hydroxylation sites is 4. The number of hydrogen-bond donors (Lipinski definition) is 0. The molecule has 5 aromatic carbocycles. The van der Waals surface area contributed by atoms with Crippen LogP contribution in [0.1, 0.15) is 29.0 Å². The van der Waals surface area contributed by atoms with Gasteiger partial charge in [0, 0.05) is 44.2 Å². The average molecular weight is 755 g/mol. The van der Waals surface area contributed by atoms with Gasteiger partial charge < -0.3 is 13.8 Å². The van der Waals surface area contributed by atoms with Crippen LogP contribution >= 0.6 is 0 Å². The standard InChI is InChI=1S/C25H13N2O.C14H14N.Ir/c1-4-10-21-15(7-1)17-14-24-18(16-8-2-6-12-23(16)28-24)13-19(17)25-26-20-9-3-5-11-22(20)27(21)25;1-10-4-6-13(7-5-10)14-8-11(2)12(3)9-15-14;/h1-12,14H;4-6,8-9H,1-3H3;/q2*-1;/i;1D3,2D3,3D3;. The number of aryl methyl sites for hydroxylation is 3. The van der Waals surface area contributed by atoms with Crippen molar-refractivity contribution in [3.8, 4) is 11.3 Å². The van der Waals surface area contributed by atoms with Gasteiger partial charge in [-0.25, -0.2) is 0 Å². The summed E-state index contributed by atoms with van der Waals surface area (Å²) in [5.74, 6) is 0. The second-order valence-corrected chi connectivity index (χ2v) is 10.3. The number of furan rings is 1. The van der Waals surface area contributed by atoms with Crippen LogP contribution in [-0.2, 0) is 20.1 Å². The third-order valence-electron chi connectivity index (χ3n) is 7.63. The van der Waals surface area contributed by atoms with Crippen molar-refractivity contribution in [1.82, 2.24) is 14.4 Å². The number of nitrogens with zero attached hydrogens (tertiary/aromatic N) is 3. The molecule has 0 N–H and O–H groups in total. The first-order valence-corrected chi connectivity index (χ1v) is 13.7. The van der Waals surface area contributed by atoms with E-state index in [0.29, 0.717) is 5.56 Å². The van der Waals surface area contributed by atoms with E-state index in [-0.39, 0.29) is 42.5 Å². The number of fused-ring (bicyclic) bond motifs is 11. The van der Waals surface area contributed by atoms with E-state index in [1.165, 1.54) is 29.7 Å². The maximum absolute atomic E-state index is 7.54. The molecule has 215 valence electrons. The van der Waals surface area contributed by atoms with Gasteiger partial charge in [0.15, 0.2) is 0 Å². The first-order valence-electron chi connectivity index (χ1n) is 18.2. The number of rotatable bonds is 1. The molecule has 9 rings (SSSR count). The molecule has 0 atom stereocenters.